The maximum Gasteiger partial charge on any atom is 0.337 e. The fourth-order valence-electron chi connectivity index (χ4n) is 2.50. The van der Waals surface area contributed by atoms with Crippen molar-refractivity contribution in [2.45, 2.75) is 17.7 Å². The van der Waals surface area contributed by atoms with Crippen molar-refractivity contribution in [3.63, 3.8) is 0 Å². The van der Waals surface area contributed by atoms with E-state index in [-0.39, 0.29) is 34.0 Å². The zero-order valence-corrected chi connectivity index (χ0v) is 16.6. The maximum atomic E-state index is 12.3. The molecule has 0 saturated carbocycles. The van der Waals surface area contributed by atoms with E-state index in [1.807, 2.05) is 0 Å². The molecule has 0 saturated heterocycles. The number of amides is 1. The summed E-state index contributed by atoms with van der Waals surface area (Å²) in [7, 11) is -1.37. The van der Waals surface area contributed by atoms with E-state index >= 15 is 0 Å². The van der Waals surface area contributed by atoms with E-state index in [1.54, 1.807) is 12.1 Å². The van der Waals surface area contributed by atoms with Gasteiger partial charge in [-0.1, -0.05) is 12.1 Å². The molecule has 0 spiro atoms. The molecule has 2 aromatic carbocycles. The topological polar surface area (TPSA) is 142 Å². The second-order valence-corrected chi connectivity index (χ2v) is 7.58. The molecule has 0 bridgehead atoms. The summed E-state index contributed by atoms with van der Waals surface area (Å²) in [4.78, 5) is 35.8. The third-order valence-electron chi connectivity index (χ3n) is 3.95. The van der Waals surface area contributed by atoms with Gasteiger partial charge >= 0.3 is 11.9 Å². The standard InChI is InChI=1S/C19H20N2O7S/c1-27-18(23)13-9-14(19(24)28-2)11-15(10-13)21-17(22)8-5-12-3-6-16(7-4-12)29(20,25)26/h3-4,6-7,9-11H,5,8H2,1-2H3,(H,21,22)(H2,20,25,26). The van der Waals surface area contributed by atoms with Crippen LogP contribution in [0.3, 0.4) is 0 Å². The minimum atomic E-state index is -3.77. The molecule has 0 radical (unpaired) electrons. The Morgan fingerprint density at radius 2 is 1.45 bits per heavy atom. The number of nitrogens with one attached hydrogen (secondary N) is 1. The van der Waals surface area contributed by atoms with Crippen LogP contribution in [0.15, 0.2) is 47.4 Å². The molecule has 0 aromatic heterocycles. The number of carbonyl (C=O) groups excluding carboxylic acids is 3. The molecule has 3 N–H and O–H groups in total. The molecule has 29 heavy (non-hydrogen) atoms. The van der Waals surface area contributed by atoms with Crippen molar-refractivity contribution in [1.82, 2.24) is 0 Å². The van der Waals surface area contributed by atoms with Gasteiger partial charge in [0.25, 0.3) is 0 Å². The lowest BCUT2D eigenvalue weighted by Crippen LogP contribution is -2.15. The Balaban J connectivity index is 2.09. The van der Waals surface area contributed by atoms with Crippen molar-refractivity contribution in [2.75, 3.05) is 19.5 Å². The number of methoxy groups -OCH3 is 2. The Bertz CT molecular complexity index is 997. The SMILES string of the molecule is COC(=O)c1cc(NC(=O)CCc2ccc(S(N)(=O)=O)cc2)cc(C(=O)OC)c1. The number of esters is 2. The van der Waals surface area contributed by atoms with Crippen molar-refractivity contribution in [3.05, 3.63) is 59.2 Å². The molecule has 0 aliphatic rings. The second kappa shape index (κ2) is 9.30. The third kappa shape index (κ3) is 6.13. The third-order valence-corrected chi connectivity index (χ3v) is 4.88. The Kier molecular flexibility index (Phi) is 7.08. The highest BCUT2D eigenvalue weighted by Gasteiger charge is 2.15. The van der Waals surface area contributed by atoms with Crippen LogP contribution in [0.2, 0.25) is 0 Å². The van der Waals surface area contributed by atoms with E-state index in [4.69, 9.17) is 5.14 Å². The molecule has 0 heterocycles. The van der Waals surface area contributed by atoms with E-state index in [9.17, 15) is 22.8 Å². The molecular formula is C19H20N2O7S. The summed E-state index contributed by atoms with van der Waals surface area (Å²) in [6.07, 6.45) is 0.433. The number of benzene rings is 2. The van der Waals surface area contributed by atoms with E-state index in [2.05, 4.69) is 14.8 Å². The van der Waals surface area contributed by atoms with Crippen molar-refractivity contribution < 1.29 is 32.3 Å². The van der Waals surface area contributed by atoms with E-state index in [0.717, 1.165) is 5.56 Å². The summed E-state index contributed by atoms with van der Waals surface area (Å²) in [5.41, 5.74) is 1.16. The van der Waals surface area contributed by atoms with Gasteiger partial charge in [-0.15, -0.1) is 0 Å². The monoisotopic (exact) mass is 420 g/mol. The van der Waals surface area contributed by atoms with Gasteiger partial charge < -0.3 is 14.8 Å². The Morgan fingerprint density at radius 1 is 0.931 bits per heavy atom. The number of nitrogens with two attached hydrogens (primary N) is 1. The fourth-order valence-corrected chi connectivity index (χ4v) is 3.01. The molecular weight excluding hydrogens is 400 g/mol. The average molecular weight is 420 g/mol. The number of hydrogen-bond donors (Lipinski definition) is 2. The quantitative estimate of drug-likeness (QED) is 0.646. The first-order chi connectivity index (χ1) is 13.6. The number of anilines is 1. The lowest BCUT2D eigenvalue weighted by molar-refractivity contribution is -0.116. The summed E-state index contributed by atoms with van der Waals surface area (Å²) in [5.74, 6) is -1.69. The van der Waals surface area contributed by atoms with Crippen molar-refractivity contribution in [1.29, 1.82) is 0 Å². The van der Waals surface area contributed by atoms with E-state index < -0.39 is 22.0 Å². The first-order valence-electron chi connectivity index (χ1n) is 8.37. The van der Waals surface area contributed by atoms with Gasteiger partial charge in [-0.2, -0.15) is 0 Å². The van der Waals surface area contributed by atoms with Gasteiger partial charge in [0.05, 0.1) is 30.2 Å². The molecule has 0 unspecified atom stereocenters. The second-order valence-electron chi connectivity index (χ2n) is 6.02. The summed E-state index contributed by atoms with van der Waals surface area (Å²) >= 11 is 0. The molecule has 9 nitrogen and oxygen atoms in total. The summed E-state index contributed by atoms with van der Waals surface area (Å²) in [5, 5.41) is 7.66. The van der Waals surface area contributed by atoms with Crippen LogP contribution >= 0.6 is 0 Å². The summed E-state index contributed by atoms with van der Waals surface area (Å²) < 4.78 is 31.8. The van der Waals surface area contributed by atoms with E-state index in [0.29, 0.717) is 6.42 Å². The van der Waals surface area contributed by atoms with Gasteiger partial charge in [-0.25, -0.2) is 23.1 Å². The number of sulfonamides is 1. The maximum absolute atomic E-state index is 12.3. The highest BCUT2D eigenvalue weighted by molar-refractivity contribution is 7.89. The Labute approximate surface area is 167 Å². The minimum Gasteiger partial charge on any atom is -0.465 e. The van der Waals surface area contributed by atoms with Crippen LogP contribution in [-0.4, -0.2) is 40.5 Å². The number of carbonyl (C=O) groups is 3. The lowest BCUT2D eigenvalue weighted by Gasteiger charge is -2.10. The molecule has 0 fully saturated rings. The van der Waals surface area contributed by atoms with Crippen LogP contribution in [0.4, 0.5) is 5.69 Å². The molecule has 2 aromatic rings. The van der Waals surface area contributed by atoms with Gasteiger partial charge in [0.1, 0.15) is 0 Å². The largest absolute Gasteiger partial charge is 0.465 e. The minimum absolute atomic E-state index is 0.0133. The zero-order chi connectivity index (χ0) is 21.6. The number of rotatable bonds is 7. The first-order valence-corrected chi connectivity index (χ1v) is 9.92. The first kappa shape index (κ1) is 22.1. The molecule has 10 heteroatoms. The average Bonchev–Trinajstić information content (AvgIpc) is 2.70. The predicted octanol–water partition coefficient (Wildman–Crippen LogP) is 1.48. The van der Waals surface area contributed by atoms with Crippen LogP contribution in [0, 0.1) is 0 Å². The van der Waals surface area contributed by atoms with Crippen molar-refractivity contribution in [2.24, 2.45) is 5.14 Å². The number of hydrogen-bond acceptors (Lipinski definition) is 7. The molecule has 154 valence electrons. The summed E-state index contributed by atoms with van der Waals surface area (Å²) in [6, 6.07) is 9.95. The van der Waals surface area contributed by atoms with Crippen LogP contribution in [0.25, 0.3) is 0 Å². The van der Waals surface area contributed by atoms with Crippen LogP contribution in [-0.2, 0) is 30.7 Å². The number of aryl methyl sites for hydroxylation is 1. The van der Waals surface area contributed by atoms with Crippen LogP contribution in [0.5, 0.6) is 0 Å². The smallest absolute Gasteiger partial charge is 0.337 e. The van der Waals surface area contributed by atoms with Crippen LogP contribution in [0.1, 0.15) is 32.7 Å². The fraction of sp³-hybridized carbons (Fsp3) is 0.211. The van der Waals surface area contributed by atoms with Gasteiger partial charge in [-0.05, 0) is 42.3 Å². The molecule has 2 rings (SSSR count). The lowest BCUT2D eigenvalue weighted by atomic mass is 10.1. The highest BCUT2D eigenvalue weighted by Crippen LogP contribution is 2.18. The normalized spacial score (nSPS) is 10.9. The molecule has 0 atom stereocenters. The van der Waals surface area contributed by atoms with Crippen molar-refractivity contribution in [3.8, 4) is 0 Å². The molecule has 0 aliphatic heterocycles. The molecule has 0 aliphatic carbocycles. The van der Waals surface area contributed by atoms with Gasteiger partial charge in [0.15, 0.2) is 0 Å². The van der Waals surface area contributed by atoms with Gasteiger partial charge in [0, 0.05) is 12.1 Å². The zero-order valence-electron chi connectivity index (χ0n) is 15.8. The van der Waals surface area contributed by atoms with Crippen molar-refractivity contribution >= 4 is 33.6 Å². The Morgan fingerprint density at radius 3 is 1.90 bits per heavy atom. The molecule has 1 amide bonds. The van der Waals surface area contributed by atoms with Gasteiger partial charge in [0.2, 0.25) is 15.9 Å². The Hall–Kier alpha value is -3.24. The summed E-state index contributed by atoms with van der Waals surface area (Å²) in [6.45, 7) is 0. The highest BCUT2D eigenvalue weighted by atomic mass is 32.2. The predicted molar refractivity (Wildman–Crippen MR) is 104 cm³/mol. The van der Waals surface area contributed by atoms with Crippen LogP contribution < -0.4 is 10.5 Å². The number of ether oxygens (including phenoxy) is 2. The van der Waals surface area contributed by atoms with Gasteiger partial charge in [-0.3, -0.25) is 4.79 Å². The van der Waals surface area contributed by atoms with E-state index in [1.165, 1.54) is 44.6 Å². The number of primary sulfonamides is 1.